The molecule has 0 bridgehead atoms. The molecule has 4 aromatic rings. The number of fused-ring (bicyclic) bond motifs is 1. The van der Waals surface area contributed by atoms with Crippen LogP contribution in [-0.4, -0.2) is 57.7 Å². The lowest BCUT2D eigenvalue weighted by molar-refractivity contribution is -0.138. The topological polar surface area (TPSA) is 91.6 Å². The van der Waals surface area contributed by atoms with E-state index in [9.17, 15) is 9.59 Å². The van der Waals surface area contributed by atoms with Crippen molar-refractivity contribution in [2.75, 3.05) is 52.0 Å². The first-order chi connectivity index (χ1) is 21.5. The molecule has 2 aliphatic heterocycles. The van der Waals surface area contributed by atoms with E-state index in [0.29, 0.717) is 45.3 Å². The van der Waals surface area contributed by atoms with Crippen molar-refractivity contribution in [3.8, 4) is 11.5 Å². The van der Waals surface area contributed by atoms with Crippen molar-refractivity contribution in [1.29, 1.82) is 0 Å². The largest absolute Gasteiger partial charge is 0.496 e. The van der Waals surface area contributed by atoms with Gasteiger partial charge in [-0.05, 0) is 31.2 Å². The second-order valence-electron chi connectivity index (χ2n) is 10.2. The summed E-state index contributed by atoms with van der Waals surface area (Å²) in [5.74, 6) is 0.655. The molecule has 2 aliphatic rings. The number of carbonyl (C=O) groups excluding carboxylic acids is 1. The number of carbonyl (C=O) groups is 1. The second-order valence-corrected chi connectivity index (χ2v) is 11.2. The van der Waals surface area contributed by atoms with Crippen LogP contribution < -0.4 is 29.3 Å². The summed E-state index contributed by atoms with van der Waals surface area (Å²) in [5.41, 5.74) is 3.64. The Kier molecular flexibility index (Phi) is 8.63. The number of morpholine rings is 1. The van der Waals surface area contributed by atoms with Crippen LogP contribution in [0, 0.1) is 0 Å². The number of hydrogen-bond acceptors (Lipinski definition) is 9. The Balaban J connectivity index is 1.57. The number of aromatic nitrogens is 1. The van der Waals surface area contributed by atoms with Crippen molar-refractivity contribution in [2.24, 2.45) is 4.99 Å². The lowest BCUT2D eigenvalue weighted by Gasteiger charge is -2.29. The van der Waals surface area contributed by atoms with E-state index in [2.05, 4.69) is 4.90 Å². The van der Waals surface area contributed by atoms with E-state index >= 15 is 0 Å². The number of ether oxygens (including phenoxy) is 4. The van der Waals surface area contributed by atoms with Crippen LogP contribution in [0.5, 0.6) is 11.5 Å². The van der Waals surface area contributed by atoms with E-state index in [-0.39, 0.29) is 17.7 Å². The zero-order valence-electron chi connectivity index (χ0n) is 24.8. The fourth-order valence-corrected chi connectivity index (χ4v) is 6.60. The van der Waals surface area contributed by atoms with Crippen LogP contribution in [0.3, 0.4) is 0 Å². The van der Waals surface area contributed by atoms with Gasteiger partial charge in [-0.2, -0.15) is 0 Å². The first kappa shape index (κ1) is 29.4. The maximum Gasteiger partial charge on any atom is 0.338 e. The number of nitrogens with zero attached hydrogens (tertiary/aromatic N) is 3. The van der Waals surface area contributed by atoms with E-state index in [4.69, 9.17) is 23.9 Å². The predicted octanol–water partition coefficient (Wildman–Crippen LogP) is 3.79. The van der Waals surface area contributed by atoms with Crippen LogP contribution >= 0.6 is 11.3 Å². The summed E-state index contributed by atoms with van der Waals surface area (Å²) in [7, 11) is 3.19. The van der Waals surface area contributed by atoms with Gasteiger partial charge in [0, 0.05) is 41.5 Å². The molecule has 10 heteroatoms. The van der Waals surface area contributed by atoms with Gasteiger partial charge in [-0.1, -0.05) is 59.9 Å². The Labute approximate surface area is 258 Å². The van der Waals surface area contributed by atoms with Crippen LogP contribution in [0.25, 0.3) is 11.8 Å². The number of anilines is 1. The summed E-state index contributed by atoms with van der Waals surface area (Å²) >= 11 is 1.26. The summed E-state index contributed by atoms with van der Waals surface area (Å²) in [6.07, 6.45) is 1.82. The third kappa shape index (κ3) is 5.54. The van der Waals surface area contributed by atoms with E-state index in [1.807, 2.05) is 78.9 Å². The Hall–Kier alpha value is -4.67. The van der Waals surface area contributed by atoms with E-state index < -0.39 is 12.0 Å². The lowest BCUT2D eigenvalue weighted by atomic mass is 9.92. The molecule has 226 valence electrons. The van der Waals surface area contributed by atoms with Crippen molar-refractivity contribution in [3.05, 3.63) is 115 Å². The molecule has 0 spiro atoms. The Morgan fingerprint density at radius 3 is 2.45 bits per heavy atom. The molecule has 0 amide bonds. The molecule has 0 radical (unpaired) electrons. The highest BCUT2D eigenvalue weighted by atomic mass is 32.1. The number of esters is 1. The third-order valence-electron chi connectivity index (χ3n) is 7.69. The molecule has 3 heterocycles. The van der Waals surface area contributed by atoms with Gasteiger partial charge in [-0.25, -0.2) is 9.79 Å². The summed E-state index contributed by atoms with van der Waals surface area (Å²) in [6, 6.07) is 22.0. The van der Waals surface area contributed by atoms with Crippen molar-refractivity contribution in [2.45, 2.75) is 13.0 Å². The highest BCUT2D eigenvalue weighted by Gasteiger charge is 2.36. The molecule has 1 atom stereocenters. The molecule has 1 fully saturated rings. The Bertz CT molecular complexity index is 1890. The van der Waals surface area contributed by atoms with Gasteiger partial charge in [-0.3, -0.25) is 9.36 Å². The number of rotatable bonds is 8. The number of benzene rings is 3. The van der Waals surface area contributed by atoms with Crippen molar-refractivity contribution in [3.63, 3.8) is 0 Å². The normalized spacial score (nSPS) is 16.8. The Morgan fingerprint density at radius 2 is 1.73 bits per heavy atom. The number of para-hydroxylation sites is 1. The first-order valence-electron chi connectivity index (χ1n) is 14.5. The van der Waals surface area contributed by atoms with Crippen LogP contribution in [0.1, 0.15) is 29.7 Å². The molecule has 0 saturated carbocycles. The standard InChI is InChI=1S/C34H33N3O6S/c1-4-43-33(39)29-30(22-10-6-5-7-11-22)35-34-37(31(29)25-12-8-9-13-26(25)40-2)32(38)28(44-34)20-23-14-15-24(21-27(23)41-3)36-16-18-42-19-17-36/h5-15,20-21,31H,4,16-19H2,1-3H3. The molecule has 44 heavy (non-hydrogen) atoms. The van der Waals surface area contributed by atoms with Crippen molar-refractivity contribution < 1.29 is 23.7 Å². The van der Waals surface area contributed by atoms with Crippen LogP contribution in [0.2, 0.25) is 0 Å². The molecule has 1 unspecified atom stereocenters. The number of methoxy groups -OCH3 is 2. The van der Waals surface area contributed by atoms with Gasteiger partial charge >= 0.3 is 5.97 Å². The average Bonchev–Trinajstić information content (AvgIpc) is 3.39. The molecule has 1 aromatic heterocycles. The molecule has 3 aromatic carbocycles. The zero-order valence-corrected chi connectivity index (χ0v) is 25.6. The molecule has 6 rings (SSSR count). The smallest absolute Gasteiger partial charge is 0.338 e. The minimum atomic E-state index is -0.829. The van der Waals surface area contributed by atoms with E-state index in [0.717, 1.165) is 29.9 Å². The van der Waals surface area contributed by atoms with Crippen LogP contribution in [-0.2, 0) is 14.3 Å². The minimum absolute atomic E-state index is 0.174. The van der Waals surface area contributed by atoms with Crippen LogP contribution in [0.4, 0.5) is 5.69 Å². The van der Waals surface area contributed by atoms with Gasteiger partial charge in [0.15, 0.2) is 4.80 Å². The zero-order chi connectivity index (χ0) is 30.6. The minimum Gasteiger partial charge on any atom is -0.496 e. The van der Waals surface area contributed by atoms with E-state index in [1.165, 1.54) is 11.3 Å². The second kappa shape index (κ2) is 12.9. The van der Waals surface area contributed by atoms with Gasteiger partial charge in [0.25, 0.3) is 5.56 Å². The molecular weight excluding hydrogens is 578 g/mol. The van der Waals surface area contributed by atoms with Gasteiger partial charge in [0.2, 0.25) is 0 Å². The molecule has 0 N–H and O–H groups in total. The first-order valence-corrected chi connectivity index (χ1v) is 15.3. The molecular formula is C34H33N3O6S. The van der Waals surface area contributed by atoms with Gasteiger partial charge in [-0.15, -0.1) is 0 Å². The fourth-order valence-electron chi connectivity index (χ4n) is 5.61. The van der Waals surface area contributed by atoms with Gasteiger partial charge in [0.1, 0.15) is 17.5 Å². The predicted molar refractivity (Wildman–Crippen MR) is 170 cm³/mol. The maximum atomic E-state index is 14.3. The summed E-state index contributed by atoms with van der Waals surface area (Å²) < 4.78 is 24.6. The fraction of sp³-hybridized carbons (Fsp3) is 0.265. The molecule has 0 aliphatic carbocycles. The molecule has 9 nitrogen and oxygen atoms in total. The van der Waals surface area contributed by atoms with E-state index in [1.54, 1.807) is 25.7 Å². The number of hydrogen-bond donors (Lipinski definition) is 0. The average molecular weight is 612 g/mol. The molecule has 1 saturated heterocycles. The number of thiazole rings is 1. The monoisotopic (exact) mass is 611 g/mol. The van der Waals surface area contributed by atoms with Crippen molar-refractivity contribution >= 4 is 34.8 Å². The summed E-state index contributed by atoms with van der Waals surface area (Å²) in [4.78, 5) is 35.6. The van der Waals surface area contributed by atoms with Crippen LogP contribution in [0.15, 0.2) is 88.2 Å². The highest BCUT2D eigenvalue weighted by molar-refractivity contribution is 7.07. The lowest BCUT2D eigenvalue weighted by Crippen LogP contribution is -2.40. The Morgan fingerprint density at radius 1 is 1.00 bits per heavy atom. The van der Waals surface area contributed by atoms with Crippen molar-refractivity contribution in [1.82, 2.24) is 4.57 Å². The summed E-state index contributed by atoms with van der Waals surface area (Å²) in [5, 5.41) is 0. The third-order valence-corrected chi connectivity index (χ3v) is 8.67. The quantitative estimate of drug-likeness (QED) is 0.280. The van der Waals surface area contributed by atoms with Gasteiger partial charge < -0.3 is 23.8 Å². The SMILES string of the molecule is CCOC(=O)C1=C(c2ccccc2)N=c2sc(=Cc3ccc(N4CCOCC4)cc3OC)c(=O)n2C1c1ccccc1OC. The highest BCUT2D eigenvalue weighted by Crippen LogP contribution is 2.38. The van der Waals surface area contributed by atoms with Gasteiger partial charge in [0.05, 0.1) is 49.8 Å². The maximum absolute atomic E-state index is 14.3. The summed E-state index contributed by atoms with van der Waals surface area (Å²) in [6.45, 7) is 4.89.